The van der Waals surface area contributed by atoms with Gasteiger partial charge in [-0.15, -0.1) is 24.0 Å². The van der Waals surface area contributed by atoms with Crippen LogP contribution in [0.15, 0.2) is 58.4 Å². The number of para-hydroxylation sites is 1. The molecule has 2 aromatic rings. The number of nitrogens with one attached hydrogen (secondary N) is 3. The van der Waals surface area contributed by atoms with Gasteiger partial charge >= 0.3 is 0 Å². The number of guanidine groups is 1. The minimum absolute atomic E-state index is 0. The summed E-state index contributed by atoms with van der Waals surface area (Å²) in [5, 5.41) is 8.90. The van der Waals surface area contributed by atoms with E-state index in [0.29, 0.717) is 25.5 Å². The molecular weight excluding hydrogens is 534 g/mol. The second kappa shape index (κ2) is 11.4. The highest BCUT2D eigenvalue weighted by Crippen LogP contribution is 2.31. The number of hydrogen-bond acceptors (Lipinski definition) is 4. The van der Waals surface area contributed by atoms with Crippen LogP contribution in [0.5, 0.6) is 0 Å². The summed E-state index contributed by atoms with van der Waals surface area (Å²) in [5.74, 6) is -0.695. The third-order valence-electron chi connectivity index (χ3n) is 4.76. The quantitative estimate of drug-likeness (QED) is 0.275. The molecule has 168 valence electrons. The summed E-state index contributed by atoms with van der Waals surface area (Å²) < 4.78 is 38.6. The number of amides is 1. The lowest BCUT2D eigenvalue weighted by molar-refractivity contribution is -0.116. The number of halogens is 2. The van der Waals surface area contributed by atoms with Crippen LogP contribution in [-0.4, -0.2) is 45.7 Å². The van der Waals surface area contributed by atoms with Gasteiger partial charge in [0.05, 0.1) is 12.3 Å². The Hall–Kier alpha value is -2.21. The highest BCUT2D eigenvalue weighted by atomic mass is 127. The number of aliphatic imine (C=N–C) groups is 1. The summed E-state index contributed by atoms with van der Waals surface area (Å²) in [4.78, 5) is 16.2. The van der Waals surface area contributed by atoms with E-state index >= 15 is 0 Å². The molecule has 0 saturated heterocycles. The Morgan fingerprint density at radius 1 is 1.16 bits per heavy atom. The molecule has 3 rings (SSSR count). The molecule has 1 aliphatic heterocycles. The van der Waals surface area contributed by atoms with Gasteiger partial charge in [-0.25, -0.2) is 12.8 Å². The van der Waals surface area contributed by atoms with Crippen molar-refractivity contribution < 1.29 is 17.6 Å². The molecule has 3 N–H and O–H groups in total. The van der Waals surface area contributed by atoms with Crippen molar-refractivity contribution in [3.8, 4) is 0 Å². The molecule has 0 saturated carbocycles. The van der Waals surface area contributed by atoms with Crippen LogP contribution in [0.1, 0.15) is 24.8 Å². The zero-order valence-corrected chi connectivity index (χ0v) is 20.2. The Morgan fingerprint density at radius 3 is 2.61 bits per heavy atom. The number of anilines is 1. The Labute approximate surface area is 198 Å². The minimum Gasteiger partial charge on any atom is -0.357 e. The number of carbonyl (C=O) groups excluding carboxylic acids is 1. The molecule has 0 radical (unpaired) electrons. The Kier molecular flexibility index (Phi) is 9.23. The fraction of sp³-hybridized carbons (Fsp3) is 0.333. The van der Waals surface area contributed by atoms with E-state index in [1.54, 1.807) is 0 Å². The molecule has 31 heavy (non-hydrogen) atoms. The van der Waals surface area contributed by atoms with E-state index in [1.807, 2.05) is 31.2 Å². The number of hydrogen-bond donors (Lipinski definition) is 3. The first-order chi connectivity index (χ1) is 14.4. The van der Waals surface area contributed by atoms with Crippen LogP contribution in [0.2, 0.25) is 0 Å². The predicted octanol–water partition coefficient (Wildman–Crippen LogP) is 2.90. The van der Waals surface area contributed by atoms with Gasteiger partial charge in [-0.2, -0.15) is 0 Å². The number of sulfone groups is 1. The van der Waals surface area contributed by atoms with Gasteiger partial charge in [-0.3, -0.25) is 9.79 Å². The molecule has 0 aliphatic carbocycles. The molecule has 10 heteroatoms. The lowest BCUT2D eigenvalue weighted by Gasteiger charge is -2.24. The minimum atomic E-state index is -3.76. The zero-order valence-electron chi connectivity index (χ0n) is 17.1. The van der Waals surface area contributed by atoms with Crippen molar-refractivity contribution in [3.63, 3.8) is 0 Å². The lowest BCUT2D eigenvalue weighted by atomic mass is 9.91. The molecule has 0 fully saturated rings. The van der Waals surface area contributed by atoms with Gasteiger partial charge in [-0.05, 0) is 30.7 Å². The Balaban J connectivity index is 0.00000341. The van der Waals surface area contributed by atoms with E-state index in [0.717, 1.165) is 17.3 Å². The van der Waals surface area contributed by atoms with E-state index < -0.39 is 15.7 Å². The number of carbonyl (C=O) groups is 1. The van der Waals surface area contributed by atoms with Crippen LogP contribution < -0.4 is 16.0 Å². The maximum atomic E-state index is 13.8. The highest BCUT2D eigenvalue weighted by Gasteiger charge is 2.24. The van der Waals surface area contributed by atoms with Crippen molar-refractivity contribution in [2.24, 2.45) is 4.99 Å². The van der Waals surface area contributed by atoms with E-state index in [1.165, 1.54) is 18.2 Å². The summed E-state index contributed by atoms with van der Waals surface area (Å²) in [5.41, 5.74) is 1.82. The number of fused-ring (bicyclic) bond motifs is 1. The van der Waals surface area contributed by atoms with Gasteiger partial charge in [0.2, 0.25) is 5.91 Å². The van der Waals surface area contributed by atoms with Gasteiger partial charge in [-0.1, -0.05) is 30.3 Å². The molecule has 7 nitrogen and oxygen atoms in total. The summed E-state index contributed by atoms with van der Waals surface area (Å²) in [6.07, 6.45) is 0.335. The van der Waals surface area contributed by atoms with Crippen molar-refractivity contribution in [2.75, 3.05) is 30.7 Å². The first kappa shape index (κ1) is 25.1. The van der Waals surface area contributed by atoms with E-state index in [2.05, 4.69) is 20.9 Å². The average Bonchev–Trinajstić information content (AvgIpc) is 2.71. The van der Waals surface area contributed by atoms with Gasteiger partial charge in [0.25, 0.3) is 0 Å². The SMILES string of the molecule is CCNC(=NCC1CC(=O)Nc2ccccc21)NCCS(=O)(=O)c1ccccc1F.I. The smallest absolute Gasteiger partial charge is 0.225 e. The molecule has 0 bridgehead atoms. The van der Waals surface area contributed by atoms with Crippen molar-refractivity contribution in [2.45, 2.75) is 24.2 Å². The molecule has 1 aliphatic rings. The first-order valence-electron chi connectivity index (χ1n) is 9.79. The third-order valence-corrected chi connectivity index (χ3v) is 6.50. The maximum absolute atomic E-state index is 13.8. The standard InChI is InChI=1S/C21H25FN4O3S.HI/c1-2-23-21(24-11-12-30(28,29)19-10-6-4-8-17(19)22)25-14-15-13-20(27)26-18-9-5-3-7-16(15)18;/h3-10,15H,2,11-14H2,1H3,(H,26,27)(H2,23,24,25);1H. The molecule has 1 atom stereocenters. The molecule has 1 unspecified atom stereocenters. The van der Waals surface area contributed by atoms with Crippen LogP contribution >= 0.6 is 24.0 Å². The number of rotatable bonds is 7. The lowest BCUT2D eigenvalue weighted by Crippen LogP contribution is -2.40. The Bertz CT molecular complexity index is 1050. The number of benzene rings is 2. The zero-order chi connectivity index (χ0) is 21.6. The van der Waals surface area contributed by atoms with Crippen molar-refractivity contribution in [3.05, 3.63) is 59.9 Å². The van der Waals surface area contributed by atoms with Crippen LogP contribution in [0, 0.1) is 5.82 Å². The molecular formula is C21H26FIN4O3S. The van der Waals surface area contributed by atoms with Crippen LogP contribution in [0.4, 0.5) is 10.1 Å². The third kappa shape index (κ3) is 6.63. The van der Waals surface area contributed by atoms with Crippen LogP contribution in [0.3, 0.4) is 0 Å². The number of nitrogens with zero attached hydrogens (tertiary/aromatic N) is 1. The largest absolute Gasteiger partial charge is 0.357 e. The fourth-order valence-electron chi connectivity index (χ4n) is 3.32. The van der Waals surface area contributed by atoms with E-state index in [9.17, 15) is 17.6 Å². The van der Waals surface area contributed by atoms with Gasteiger partial charge in [0, 0.05) is 31.1 Å². The van der Waals surface area contributed by atoms with Crippen molar-refractivity contribution in [1.29, 1.82) is 0 Å². The van der Waals surface area contributed by atoms with Crippen molar-refractivity contribution >= 4 is 51.4 Å². The average molecular weight is 560 g/mol. The van der Waals surface area contributed by atoms with Gasteiger partial charge < -0.3 is 16.0 Å². The summed E-state index contributed by atoms with van der Waals surface area (Å²) in [6, 6.07) is 13.0. The van der Waals surface area contributed by atoms with Gasteiger partial charge in [0.1, 0.15) is 10.7 Å². The normalized spacial score (nSPS) is 16.0. The predicted molar refractivity (Wildman–Crippen MR) is 130 cm³/mol. The van der Waals surface area contributed by atoms with Crippen LogP contribution in [0.25, 0.3) is 0 Å². The Morgan fingerprint density at radius 2 is 1.87 bits per heavy atom. The summed E-state index contributed by atoms with van der Waals surface area (Å²) in [6.45, 7) is 2.94. The topological polar surface area (TPSA) is 99.7 Å². The second-order valence-electron chi connectivity index (χ2n) is 6.93. The second-order valence-corrected chi connectivity index (χ2v) is 9.01. The highest BCUT2D eigenvalue weighted by molar-refractivity contribution is 14.0. The molecule has 1 heterocycles. The molecule has 1 amide bonds. The maximum Gasteiger partial charge on any atom is 0.225 e. The summed E-state index contributed by atoms with van der Waals surface area (Å²) >= 11 is 0. The van der Waals surface area contributed by atoms with Gasteiger partial charge in [0.15, 0.2) is 15.8 Å². The van der Waals surface area contributed by atoms with Crippen molar-refractivity contribution in [1.82, 2.24) is 10.6 Å². The molecule has 0 aromatic heterocycles. The van der Waals surface area contributed by atoms with E-state index in [-0.39, 0.29) is 53.0 Å². The van der Waals surface area contributed by atoms with Crippen LogP contribution in [-0.2, 0) is 14.6 Å². The monoisotopic (exact) mass is 560 g/mol. The fourth-order valence-corrected chi connectivity index (χ4v) is 4.56. The summed E-state index contributed by atoms with van der Waals surface area (Å²) in [7, 11) is -3.76. The molecule has 0 spiro atoms. The first-order valence-corrected chi connectivity index (χ1v) is 11.4. The van der Waals surface area contributed by atoms with E-state index in [4.69, 9.17) is 0 Å². The molecule has 2 aromatic carbocycles.